The average molecular weight is 503 g/mol. The predicted molar refractivity (Wildman–Crippen MR) is 149 cm³/mol. The Kier molecular flexibility index (Phi) is 7.76. The molecule has 190 valence electrons. The van der Waals surface area contributed by atoms with Gasteiger partial charge in [-0.2, -0.15) is 0 Å². The second-order valence-corrected chi connectivity index (χ2v) is 12.7. The molecule has 3 aliphatic heterocycles. The van der Waals surface area contributed by atoms with Crippen LogP contribution in [-0.4, -0.2) is 58.2 Å². The van der Waals surface area contributed by atoms with E-state index in [0.717, 1.165) is 39.3 Å². The molecule has 36 heavy (non-hydrogen) atoms. The molecule has 3 heterocycles. The van der Waals surface area contributed by atoms with Crippen molar-refractivity contribution in [3.05, 3.63) is 108 Å². The fourth-order valence-electron chi connectivity index (χ4n) is 5.87. The van der Waals surface area contributed by atoms with E-state index in [1.807, 2.05) is 0 Å². The molecule has 0 N–H and O–H groups in total. The van der Waals surface area contributed by atoms with Gasteiger partial charge in [-0.25, -0.2) is 14.0 Å². The largest absolute Gasteiger partial charge is 0.299 e. The molecule has 3 fully saturated rings. The van der Waals surface area contributed by atoms with E-state index in [4.69, 9.17) is 0 Å². The topological polar surface area (TPSA) is 30.0 Å². The van der Waals surface area contributed by atoms with Crippen molar-refractivity contribution in [1.82, 2.24) is 18.9 Å². The van der Waals surface area contributed by atoms with E-state index >= 15 is 4.57 Å². The Morgan fingerprint density at radius 3 is 1.06 bits per heavy atom. The van der Waals surface area contributed by atoms with E-state index in [0.29, 0.717) is 0 Å². The first-order chi connectivity index (χ1) is 17.5. The van der Waals surface area contributed by atoms with Gasteiger partial charge < -0.3 is 0 Å². The van der Waals surface area contributed by atoms with Crippen molar-refractivity contribution >= 4 is 7.59 Å². The quantitative estimate of drug-likeness (QED) is 0.354. The van der Waals surface area contributed by atoms with Gasteiger partial charge in [-0.15, -0.1) is 0 Å². The zero-order valence-corrected chi connectivity index (χ0v) is 22.7. The smallest absolute Gasteiger partial charge is 0.288 e. The highest BCUT2D eigenvalue weighted by molar-refractivity contribution is 7.56. The molecule has 0 spiro atoms. The van der Waals surface area contributed by atoms with Gasteiger partial charge in [-0.1, -0.05) is 91.0 Å². The average Bonchev–Trinajstić information content (AvgIpc) is 2.91. The van der Waals surface area contributed by atoms with Crippen molar-refractivity contribution < 1.29 is 4.57 Å². The fraction of sp³-hybridized carbons (Fsp3) is 0.400. The molecule has 0 amide bonds. The lowest BCUT2D eigenvalue weighted by Gasteiger charge is -2.54. The van der Waals surface area contributed by atoms with Crippen LogP contribution in [0, 0.1) is 0 Å². The van der Waals surface area contributed by atoms with Crippen LogP contribution in [0.1, 0.15) is 55.6 Å². The molecule has 6 heteroatoms. The van der Waals surface area contributed by atoms with Crippen LogP contribution in [0.2, 0.25) is 0 Å². The van der Waals surface area contributed by atoms with Crippen LogP contribution in [-0.2, 0) is 4.57 Å². The summed E-state index contributed by atoms with van der Waals surface area (Å²) in [6, 6.07) is 31.9. The molecular formula is C30H39N4OP. The van der Waals surface area contributed by atoms with Crippen LogP contribution in [0.3, 0.4) is 0 Å². The number of rotatable bonds is 6. The van der Waals surface area contributed by atoms with Crippen LogP contribution in [0.15, 0.2) is 91.0 Å². The summed E-state index contributed by atoms with van der Waals surface area (Å²) in [6.07, 6.45) is 0. The Morgan fingerprint density at radius 2 is 0.778 bits per heavy atom. The number of nitrogens with zero attached hydrogens (tertiary/aromatic N) is 4. The van der Waals surface area contributed by atoms with E-state index in [1.54, 1.807) is 0 Å². The minimum Gasteiger partial charge on any atom is -0.299 e. The van der Waals surface area contributed by atoms with Gasteiger partial charge in [0.2, 0.25) is 0 Å². The zero-order chi connectivity index (χ0) is 25.1. The molecule has 3 aromatic carbocycles. The van der Waals surface area contributed by atoms with Crippen molar-refractivity contribution in [3.63, 3.8) is 0 Å². The maximum absolute atomic E-state index is 16.0. The molecule has 3 atom stereocenters. The highest BCUT2D eigenvalue weighted by atomic mass is 31.2. The first-order valence-corrected chi connectivity index (χ1v) is 14.8. The van der Waals surface area contributed by atoms with Gasteiger partial charge in [0.1, 0.15) is 0 Å². The van der Waals surface area contributed by atoms with Gasteiger partial charge in [-0.3, -0.25) is 9.46 Å². The third-order valence-electron chi connectivity index (χ3n) is 8.13. The van der Waals surface area contributed by atoms with Gasteiger partial charge in [0, 0.05) is 57.4 Å². The molecule has 0 aliphatic carbocycles. The Bertz CT molecular complexity index is 1010. The highest BCUT2D eigenvalue weighted by Gasteiger charge is 2.50. The third kappa shape index (κ3) is 4.83. The van der Waals surface area contributed by atoms with E-state index < -0.39 is 7.59 Å². The number of fused-ring (bicyclic) bond motifs is 6. The Labute approximate surface area is 216 Å². The summed E-state index contributed by atoms with van der Waals surface area (Å²) in [7, 11) is -3.17. The first kappa shape index (κ1) is 25.4. The van der Waals surface area contributed by atoms with Crippen LogP contribution in [0.5, 0.6) is 0 Å². The summed E-state index contributed by atoms with van der Waals surface area (Å²) in [5.74, 6) is 0. The molecule has 0 unspecified atom stereocenters. The van der Waals surface area contributed by atoms with Crippen LogP contribution in [0.25, 0.3) is 0 Å². The molecule has 0 aromatic heterocycles. The summed E-state index contributed by atoms with van der Waals surface area (Å²) in [6.45, 7) is 11.9. The fourth-order valence-corrected chi connectivity index (χ4v) is 9.56. The molecule has 2 bridgehead atoms. The van der Waals surface area contributed by atoms with Gasteiger partial charge in [0.25, 0.3) is 7.59 Å². The summed E-state index contributed by atoms with van der Waals surface area (Å²) in [5.41, 5.74) is 3.64. The molecule has 5 nitrogen and oxygen atoms in total. The number of hydrogen-bond acceptors (Lipinski definition) is 2. The minimum absolute atomic E-state index is 0.0334. The van der Waals surface area contributed by atoms with E-state index in [-0.39, 0.29) is 18.1 Å². The number of benzene rings is 3. The van der Waals surface area contributed by atoms with Gasteiger partial charge in [0.05, 0.1) is 0 Å². The van der Waals surface area contributed by atoms with E-state index in [1.165, 1.54) is 16.7 Å². The Hall–Kier alpha value is -2.27. The van der Waals surface area contributed by atoms with E-state index in [2.05, 4.69) is 131 Å². The SMILES string of the molecule is C[C@@H](c1ccccc1)N1CCN2CCN([C@@H](C)c3ccccc3)P1(=O)N([C@@H](C)c1ccccc1)CC2. The van der Waals surface area contributed by atoms with Crippen molar-refractivity contribution in [3.8, 4) is 0 Å². The van der Waals surface area contributed by atoms with Crippen molar-refractivity contribution in [2.75, 3.05) is 39.3 Å². The molecule has 0 saturated carbocycles. The number of hydrogen-bond donors (Lipinski definition) is 0. The summed E-state index contributed by atoms with van der Waals surface area (Å²) >= 11 is 0. The third-order valence-corrected chi connectivity index (χ3v) is 11.8. The monoisotopic (exact) mass is 502 g/mol. The van der Waals surface area contributed by atoms with Gasteiger partial charge in [0.15, 0.2) is 0 Å². The normalized spacial score (nSPS) is 26.5. The highest BCUT2D eigenvalue weighted by Crippen LogP contribution is 2.65. The molecular weight excluding hydrogens is 463 g/mol. The Morgan fingerprint density at radius 1 is 0.500 bits per heavy atom. The molecule has 3 saturated heterocycles. The summed E-state index contributed by atoms with van der Waals surface area (Å²) in [4.78, 5) is 2.56. The van der Waals surface area contributed by atoms with Gasteiger partial charge >= 0.3 is 0 Å². The summed E-state index contributed by atoms with van der Waals surface area (Å²) in [5, 5.41) is 0. The standard InChI is InChI=1S/C30H39N4OP/c1-25(28-13-7-4-8-14-28)32-22-19-31-20-23-33(26(2)29-15-9-5-10-16-29)36(32,35)34(24-21-31)27(3)30-17-11-6-12-18-30/h4-18,25-27H,19-24H2,1-3H3/t25-,26-,27-/m0/s1. The predicted octanol–water partition coefficient (Wildman–Crippen LogP) is 6.61. The maximum Gasteiger partial charge on any atom is 0.288 e. The van der Waals surface area contributed by atoms with Crippen LogP contribution >= 0.6 is 7.59 Å². The molecule has 6 rings (SSSR count). The van der Waals surface area contributed by atoms with Crippen molar-refractivity contribution in [2.24, 2.45) is 0 Å². The molecule has 0 radical (unpaired) electrons. The van der Waals surface area contributed by atoms with E-state index in [9.17, 15) is 0 Å². The first-order valence-electron chi connectivity index (χ1n) is 13.3. The van der Waals surface area contributed by atoms with Crippen molar-refractivity contribution in [2.45, 2.75) is 38.9 Å². The Balaban J connectivity index is 1.65. The molecule has 3 aromatic rings. The second-order valence-electron chi connectivity index (χ2n) is 10.1. The van der Waals surface area contributed by atoms with Crippen molar-refractivity contribution in [1.29, 1.82) is 0 Å². The summed E-state index contributed by atoms with van der Waals surface area (Å²) < 4.78 is 23.0. The minimum atomic E-state index is -3.17. The molecule has 3 aliphatic rings. The second kappa shape index (κ2) is 11.0. The lowest BCUT2D eigenvalue weighted by Crippen LogP contribution is -2.55. The van der Waals surface area contributed by atoms with Crippen LogP contribution in [0.4, 0.5) is 0 Å². The van der Waals surface area contributed by atoms with Crippen LogP contribution < -0.4 is 0 Å². The zero-order valence-electron chi connectivity index (χ0n) is 21.8. The van der Waals surface area contributed by atoms with Gasteiger partial charge in [-0.05, 0) is 37.5 Å². The maximum atomic E-state index is 16.0. The lowest BCUT2D eigenvalue weighted by atomic mass is 10.1. The lowest BCUT2D eigenvalue weighted by molar-refractivity contribution is 0.109.